The lowest BCUT2D eigenvalue weighted by Crippen LogP contribution is -2.20. The Bertz CT molecular complexity index is 293. The SMILES string of the molecule is CCC=C[C@H]1CC[C@H](CC[C@H]2CC[C@H](COCC)CC2)CC1. The van der Waals surface area contributed by atoms with Crippen molar-refractivity contribution in [3.8, 4) is 0 Å². The number of hydrogen-bond acceptors (Lipinski definition) is 1. The number of hydrogen-bond donors (Lipinski definition) is 0. The van der Waals surface area contributed by atoms with Crippen molar-refractivity contribution in [1.29, 1.82) is 0 Å². The summed E-state index contributed by atoms with van der Waals surface area (Å²) in [5.74, 6) is 3.81. The summed E-state index contributed by atoms with van der Waals surface area (Å²) in [5, 5.41) is 0. The minimum atomic E-state index is 0.858. The number of allylic oxidation sites excluding steroid dienone is 2. The highest BCUT2D eigenvalue weighted by molar-refractivity contribution is 4.90. The fourth-order valence-corrected chi connectivity index (χ4v) is 4.44. The van der Waals surface area contributed by atoms with Gasteiger partial charge in [0.05, 0.1) is 0 Å². The summed E-state index contributed by atoms with van der Waals surface area (Å²) in [6, 6.07) is 0. The molecule has 128 valence electrons. The first kappa shape index (κ1) is 18.0. The fraction of sp³-hybridized carbons (Fsp3) is 0.905. The second-order valence-corrected chi connectivity index (χ2v) is 7.74. The van der Waals surface area contributed by atoms with Crippen LogP contribution in [0.25, 0.3) is 0 Å². The molecule has 2 saturated carbocycles. The van der Waals surface area contributed by atoms with E-state index in [0.29, 0.717) is 0 Å². The van der Waals surface area contributed by atoms with Crippen molar-refractivity contribution in [2.75, 3.05) is 13.2 Å². The molecule has 1 nitrogen and oxygen atoms in total. The lowest BCUT2D eigenvalue weighted by molar-refractivity contribution is 0.0844. The van der Waals surface area contributed by atoms with Crippen molar-refractivity contribution < 1.29 is 4.74 Å². The smallest absolute Gasteiger partial charge is 0.0494 e. The first-order valence-electron chi connectivity index (χ1n) is 10.1. The van der Waals surface area contributed by atoms with Crippen LogP contribution in [0.15, 0.2) is 12.2 Å². The van der Waals surface area contributed by atoms with Gasteiger partial charge in [-0.2, -0.15) is 0 Å². The van der Waals surface area contributed by atoms with Gasteiger partial charge in [-0.05, 0) is 75.5 Å². The zero-order valence-corrected chi connectivity index (χ0v) is 15.1. The molecule has 0 atom stereocenters. The van der Waals surface area contributed by atoms with Gasteiger partial charge in [-0.25, -0.2) is 0 Å². The third kappa shape index (κ3) is 6.44. The van der Waals surface area contributed by atoms with Crippen molar-refractivity contribution >= 4 is 0 Å². The molecule has 0 saturated heterocycles. The Balaban J connectivity index is 1.55. The predicted molar refractivity (Wildman–Crippen MR) is 96.1 cm³/mol. The largest absolute Gasteiger partial charge is 0.381 e. The quantitative estimate of drug-likeness (QED) is 0.473. The lowest BCUT2D eigenvalue weighted by atomic mass is 9.75. The van der Waals surface area contributed by atoms with E-state index < -0.39 is 0 Å². The molecule has 0 radical (unpaired) electrons. The molecule has 0 aliphatic heterocycles. The molecule has 0 spiro atoms. The summed E-state index contributed by atoms with van der Waals surface area (Å²) < 4.78 is 5.60. The van der Waals surface area contributed by atoms with Crippen LogP contribution in [-0.4, -0.2) is 13.2 Å². The summed E-state index contributed by atoms with van der Waals surface area (Å²) >= 11 is 0. The van der Waals surface area contributed by atoms with Gasteiger partial charge >= 0.3 is 0 Å². The monoisotopic (exact) mass is 306 g/mol. The van der Waals surface area contributed by atoms with E-state index in [2.05, 4.69) is 26.0 Å². The van der Waals surface area contributed by atoms with Crippen molar-refractivity contribution in [2.24, 2.45) is 23.7 Å². The average Bonchev–Trinajstić information content (AvgIpc) is 2.58. The molecule has 0 aromatic heterocycles. The van der Waals surface area contributed by atoms with Crippen LogP contribution in [0.1, 0.15) is 84.5 Å². The average molecular weight is 307 g/mol. The van der Waals surface area contributed by atoms with Crippen LogP contribution in [0.2, 0.25) is 0 Å². The van der Waals surface area contributed by atoms with Gasteiger partial charge in [0.2, 0.25) is 0 Å². The molecule has 0 heterocycles. The number of ether oxygens (including phenoxy) is 1. The van der Waals surface area contributed by atoms with Gasteiger partial charge in [0.25, 0.3) is 0 Å². The van der Waals surface area contributed by atoms with Gasteiger partial charge in [0.15, 0.2) is 0 Å². The zero-order chi connectivity index (χ0) is 15.6. The highest BCUT2D eigenvalue weighted by atomic mass is 16.5. The van der Waals surface area contributed by atoms with E-state index in [1.165, 1.54) is 70.6 Å². The van der Waals surface area contributed by atoms with Crippen molar-refractivity contribution in [3.05, 3.63) is 12.2 Å². The van der Waals surface area contributed by atoms with Crippen molar-refractivity contribution in [3.63, 3.8) is 0 Å². The maximum atomic E-state index is 5.60. The molecule has 0 amide bonds. The minimum Gasteiger partial charge on any atom is -0.381 e. The maximum absolute atomic E-state index is 5.60. The Morgan fingerprint density at radius 2 is 1.32 bits per heavy atom. The van der Waals surface area contributed by atoms with Gasteiger partial charge in [-0.15, -0.1) is 0 Å². The van der Waals surface area contributed by atoms with E-state index >= 15 is 0 Å². The second-order valence-electron chi connectivity index (χ2n) is 7.74. The van der Waals surface area contributed by atoms with Crippen molar-refractivity contribution in [1.82, 2.24) is 0 Å². The zero-order valence-electron chi connectivity index (χ0n) is 15.1. The highest BCUT2D eigenvalue weighted by Crippen LogP contribution is 2.36. The van der Waals surface area contributed by atoms with Gasteiger partial charge in [-0.1, -0.05) is 44.8 Å². The Labute approximate surface area is 138 Å². The van der Waals surface area contributed by atoms with E-state index in [-0.39, 0.29) is 0 Å². The molecule has 0 bridgehead atoms. The predicted octanol–water partition coefficient (Wildman–Crippen LogP) is 6.38. The Morgan fingerprint density at radius 1 is 0.773 bits per heavy atom. The molecular weight excluding hydrogens is 268 g/mol. The molecule has 2 aliphatic carbocycles. The molecule has 2 aliphatic rings. The fourth-order valence-electron chi connectivity index (χ4n) is 4.44. The van der Waals surface area contributed by atoms with E-state index in [9.17, 15) is 0 Å². The maximum Gasteiger partial charge on any atom is 0.0494 e. The molecule has 2 rings (SSSR count). The van der Waals surface area contributed by atoms with Crippen LogP contribution in [0.5, 0.6) is 0 Å². The first-order valence-corrected chi connectivity index (χ1v) is 10.1. The molecule has 0 N–H and O–H groups in total. The molecule has 0 aromatic rings. The third-order valence-corrected chi connectivity index (χ3v) is 6.04. The molecular formula is C21H38O. The van der Waals surface area contributed by atoms with Gasteiger partial charge in [0.1, 0.15) is 0 Å². The summed E-state index contributed by atoms with van der Waals surface area (Å²) in [4.78, 5) is 0. The van der Waals surface area contributed by atoms with Gasteiger partial charge in [0, 0.05) is 13.2 Å². The lowest BCUT2D eigenvalue weighted by Gasteiger charge is -2.31. The first-order chi connectivity index (χ1) is 10.8. The normalized spacial score (nSPS) is 33.4. The second kappa shape index (κ2) is 10.5. The van der Waals surface area contributed by atoms with Crippen molar-refractivity contribution in [2.45, 2.75) is 84.5 Å². The molecule has 2 fully saturated rings. The molecule has 0 unspecified atom stereocenters. The van der Waals surface area contributed by atoms with E-state index in [1.54, 1.807) is 0 Å². The van der Waals surface area contributed by atoms with Crippen LogP contribution < -0.4 is 0 Å². The van der Waals surface area contributed by atoms with Crippen LogP contribution in [0.4, 0.5) is 0 Å². The Hall–Kier alpha value is -0.300. The standard InChI is InChI=1S/C21H38O/c1-3-5-6-18-7-9-19(10-8-18)11-12-20-13-15-21(16-14-20)17-22-4-2/h5-6,18-21H,3-4,7-17H2,1-2H3/t18-,19-,20-,21-. The van der Waals surface area contributed by atoms with Gasteiger partial charge < -0.3 is 4.74 Å². The van der Waals surface area contributed by atoms with Gasteiger partial charge in [-0.3, -0.25) is 0 Å². The van der Waals surface area contributed by atoms with Crippen LogP contribution in [0, 0.1) is 23.7 Å². The summed E-state index contributed by atoms with van der Waals surface area (Å²) in [6.07, 6.45) is 20.7. The molecule has 22 heavy (non-hydrogen) atoms. The third-order valence-electron chi connectivity index (χ3n) is 6.04. The summed E-state index contributed by atoms with van der Waals surface area (Å²) in [6.45, 7) is 6.25. The van der Waals surface area contributed by atoms with E-state index in [0.717, 1.165) is 36.9 Å². The minimum absolute atomic E-state index is 0.858. The van der Waals surface area contributed by atoms with E-state index in [1.807, 2.05) is 0 Å². The van der Waals surface area contributed by atoms with Crippen LogP contribution in [0.3, 0.4) is 0 Å². The Kier molecular flexibility index (Phi) is 8.59. The molecule has 1 heteroatoms. The van der Waals surface area contributed by atoms with Crippen LogP contribution >= 0.6 is 0 Å². The highest BCUT2D eigenvalue weighted by Gasteiger charge is 2.24. The van der Waals surface area contributed by atoms with Crippen LogP contribution in [-0.2, 0) is 4.74 Å². The topological polar surface area (TPSA) is 9.23 Å². The summed E-state index contributed by atoms with van der Waals surface area (Å²) in [7, 11) is 0. The Morgan fingerprint density at radius 3 is 1.86 bits per heavy atom. The van der Waals surface area contributed by atoms with E-state index in [4.69, 9.17) is 4.74 Å². The molecule has 0 aromatic carbocycles. The number of rotatable bonds is 8. The summed E-state index contributed by atoms with van der Waals surface area (Å²) in [5.41, 5.74) is 0.